The first-order valence-electron chi connectivity index (χ1n) is 8.09. The van der Waals surface area contributed by atoms with Gasteiger partial charge in [0, 0.05) is 5.56 Å². The summed E-state index contributed by atoms with van der Waals surface area (Å²) in [6.07, 6.45) is 0. The Hall–Kier alpha value is -2.80. The molecule has 3 aromatic rings. The summed E-state index contributed by atoms with van der Waals surface area (Å²) >= 11 is 1.49. The lowest BCUT2D eigenvalue weighted by atomic mass is 10.0. The maximum Gasteiger partial charge on any atom is 0.235 e. The van der Waals surface area contributed by atoms with Crippen LogP contribution in [-0.2, 0) is 4.79 Å². The van der Waals surface area contributed by atoms with Gasteiger partial charge in [-0.25, -0.2) is 9.07 Å². The van der Waals surface area contributed by atoms with Gasteiger partial charge in [-0.15, -0.1) is 11.8 Å². The molecule has 2 aromatic carbocycles. The zero-order valence-electron chi connectivity index (χ0n) is 13.9. The van der Waals surface area contributed by atoms with Crippen LogP contribution < -0.4 is 5.32 Å². The van der Waals surface area contributed by atoms with Gasteiger partial charge < -0.3 is 10.4 Å². The fourth-order valence-electron chi connectivity index (χ4n) is 3.10. The number of hydrogen-bond acceptors (Lipinski definition) is 4. The number of nitrogens with zero attached hydrogens (tertiary/aromatic N) is 2. The molecule has 0 saturated heterocycles. The lowest BCUT2D eigenvalue weighted by molar-refractivity contribution is -0.113. The first-order chi connectivity index (χ1) is 12.5. The normalized spacial score (nSPS) is 16.7. The molecule has 1 aromatic heterocycles. The molecular weight excluding hydrogens is 353 g/mol. The van der Waals surface area contributed by atoms with Gasteiger partial charge in [0.05, 0.1) is 22.4 Å². The highest BCUT2D eigenvalue weighted by atomic mass is 32.2. The lowest BCUT2D eigenvalue weighted by Gasteiger charge is -2.15. The topological polar surface area (TPSA) is 67.1 Å². The number of carbonyl (C=O) groups excluding carboxylic acids is 1. The standard InChI is InChI=1S/C19H16FN3O2S/c1-11-17-18(12-3-2-4-15(24)9-12)26-10-16(25)21-19(17)23(22-11)14-7-5-13(20)6-8-14/h2-9,18,24H,10H2,1H3,(H,21,25)/t18-/m0/s1. The Morgan fingerprint density at radius 1 is 1.27 bits per heavy atom. The number of benzene rings is 2. The number of fused-ring (bicyclic) bond motifs is 1. The second kappa shape index (κ2) is 6.49. The number of hydrogen-bond donors (Lipinski definition) is 2. The van der Waals surface area contributed by atoms with Crippen molar-refractivity contribution in [1.82, 2.24) is 9.78 Å². The fourth-order valence-corrected chi connectivity index (χ4v) is 4.28. The quantitative estimate of drug-likeness (QED) is 0.721. The van der Waals surface area contributed by atoms with E-state index in [1.54, 1.807) is 35.0 Å². The first kappa shape index (κ1) is 16.7. The minimum Gasteiger partial charge on any atom is -0.508 e. The number of phenols is 1. The van der Waals surface area contributed by atoms with Gasteiger partial charge in [0.25, 0.3) is 0 Å². The summed E-state index contributed by atoms with van der Waals surface area (Å²) in [5, 5.41) is 17.2. The summed E-state index contributed by atoms with van der Waals surface area (Å²) in [5.74, 6) is 0.593. The van der Waals surface area contributed by atoms with E-state index in [2.05, 4.69) is 10.4 Å². The van der Waals surface area contributed by atoms with Crippen molar-refractivity contribution in [2.45, 2.75) is 12.2 Å². The number of amides is 1. The maximum absolute atomic E-state index is 13.3. The van der Waals surface area contributed by atoms with E-state index in [-0.39, 0.29) is 28.5 Å². The molecule has 0 fully saturated rings. The highest BCUT2D eigenvalue weighted by Gasteiger charge is 2.30. The van der Waals surface area contributed by atoms with Gasteiger partial charge in [-0.1, -0.05) is 12.1 Å². The molecule has 0 unspecified atom stereocenters. The van der Waals surface area contributed by atoms with Crippen molar-refractivity contribution >= 4 is 23.5 Å². The Balaban J connectivity index is 1.89. The van der Waals surface area contributed by atoms with Crippen LogP contribution in [0.2, 0.25) is 0 Å². The third kappa shape index (κ3) is 2.94. The number of carbonyl (C=O) groups is 1. The van der Waals surface area contributed by atoms with E-state index < -0.39 is 0 Å². The second-order valence-electron chi connectivity index (χ2n) is 6.07. The molecule has 132 valence electrons. The molecule has 2 heterocycles. The first-order valence-corrected chi connectivity index (χ1v) is 9.13. The summed E-state index contributed by atoms with van der Waals surface area (Å²) < 4.78 is 14.9. The monoisotopic (exact) mass is 369 g/mol. The van der Waals surface area contributed by atoms with Crippen LogP contribution in [0.4, 0.5) is 10.2 Å². The van der Waals surface area contributed by atoms with Crippen LogP contribution in [0.5, 0.6) is 5.75 Å². The molecule has 26 heavy (non-hydrogen) atoms. The van der Waals surface area contributed by atoms with Gasteiger partial charge in [0.2, 0.25) is 5.91 Å². The Morgan fingerprint density at radius 2 is 2.04 bits per heavy atom. The molecule has 0 spiro atoms. The smallest absolute Gasteiger partial charge is 0.235 e. The van der Waals surface area contributed by atoms with E-state index in [0.29, 0.717) is 11.5 Å². The van der Waals surface area contributed by atoms with Crippen LogP contribution in [0.3, 0.4) is 0 Å². The molecule has 1 amide bonds. The SMILES string of the molecule is Cc1nn(-c2ccc(F)cc2)c2c1[C@H](c1cccc(O)c1)SCC(=O)N2. The van der Waals surface area contributed by atoms with Crippen LogP contribution in [-0.4, -0.2) is 26.5 Å². The molecule has 5 nitrogen and oxygen atoms in total. The number of rotatable bonds is 2. The number of thioether (sulfide) groups is 1. The molecule has 1 aliphatic rings. The molecule has 0 radical (unpaired) electrons. The Kier molecular flexibility index (Phi) is 4.16. The van der Waals surface area contributed by atoms with Crippen molar-refractivity contribution < 1.29 is 14.3 Å². The number of phenolic OH excluding ortho intramolecular Hbond substituents is 1. The van der Waals surface area contributed by atoms with Crippen molar-refractivity contribution in [3.8, 4) is 11.4 Å². The molecule has 7 heteroatoms. The van der Waals surface area contributed by atoms with Crippen LogP contribution in [0.15, 0.2) is 48.5 Å². The van der Waals surface area contributed by atoms with Gasteiger partial charge in [0.15, 0.2) is 0 Å². The Bertz CT molecular complexity index is 985. The molecule has 1 atom stereocenters. The van der Waals surface area contributed by atoms with Gasteiger partial charge >= 0.3 is 0 Å². The molecule has 2 N–H and O–H groups in total. The van der Waals surface area contributed by atoms with E-state index in [1.165, 1.54) is 23.9 Å². The number of aryl methyl sites for hydroxylation is 1. The number of aromatic nitrogens is 2. The summed E-state index contributed by atoms with van der Waals surface area (Å²) in [6, 6.07) is 13.0. The number of halogens is 1. The predicted molar refractivity (Wildman–Crippen MR) is 99.3 cm³/mol. The van der Waals surface area contributed by atoms with E-state index in [9.17, 15) is 14.3 Å². The predicted octanol–water partition coefficient (Wildman–Crippen LogP) is 3.80. The molecule has 0 saturated carbocycles. The van der Waals surface area contributed by atoms with E-state index in [0.717, 1.165) is 16.8 Å². The summed E-state index contributed by atoms with van der Waals surface area (Å²) in [7, 11) is 0. The largest absolute Gasteiger partial charge is 0.508 e. The van der Waals surface area contributed by atoms with E-state index in [4.69, 9.17) is 0 Å². The summed E-state index contributed by atoms with van der Waals surface area (Å²) in [5.41, 5.74) is 3.22. The van der Waals surface area contributed by atoms with Crippen LogP contribution in [0.25, 0.3) is 5.69 Å². The summed E-state index contributed by atoms with van der Waals surface area (Å²) in [6.45, 7) is 1.88. The van der Waals surface area contributed by atoms with E-state index >= 15 is 0 Å². The highest BCUT2D eigenvalue weighted by Crippen LogP contribution is 2.44. The fraction of sp³-hybridized carbons (Fsp3) is 0.158. The van der Waals surface area contributed by atoms with Gasteiger partial charge in [-0.3, -0.25) is 4.79 Å². The highest BCUT2D eigenvalue weighted by molar-refractivity contribution is 8.00. The third-order valence-corrected chi connectivity index (χ3v) is 5.52. The van der Waals surface area contributed by atoms with Gasteiger partial charge in [0.1, 0.15) is 17.4 Å². The lowest BCUT2D eigenvalue weighted by Crippen LogP contribution is -2.15. The zero-order valence-corrected chi connectivity index (χ0v) is 14.8. The van der Waals surface area contributed by atoms with Crippen molar-refractivity contribution in [2.75, 3.05) is 11.1 Å². The molecule has 1 aliphatic heterocycles. The average molecular weight is 369 g/mol. The average Bonchev–Trinajstić information content (AvgIpc) is 2.82. The molecule has 0 aliphatic carbocycles. The Morgan fingerprint density at radius 3 is 2.77 bits per heavy atom. The Labute approximate surface area is 153 Å². The van der Waals surface area contributed by atoms with Crippen molar-refractivity contribution in [2.24, 2.45) is 0 Å². The number of aromatic hydroxyl groups is 1. The van der Waals surface area contributed by atoms with Crippen molar-refractivity contribution in [3.63, 3.8) is 0 Å². The van der Waals surface area contributed by atoms with Gasteiger partial charge in [-0.2, -0.15) is 5.10 Å². The van der Waals surface area contributed by atoms with Crippen molar-refractivity contribution in [3.05, 3.63) is 71.2 Å². The van der Waals surface area contributed by atoms with Crippen LogP contribution >= 0.6 is 11.8 Å². The van der Waals surface area contributed by atoms with E-state index in [1.807, 2.05) is 13.0 Å². The molecule has 4 rings (SSSR count). The number of nitrogens with one attached hydrogen (secondary N) is 1. The van der Waals surface area contributed by atoms with Crippen LogP contribution in [0.1, 0.15) is 22.1 Å². The molecule has 0 bridgehead atoms. The minimum absolute atomic E-state index is 0.123. The summed E-state index contributed by atoms with van der Waals surface area (Å²) in [4.78, 5) is 12.3. The number of anilines is 1. The minimum atomic E-state index is -0.332. The maximum atomic E-state index is 13.3. The van der Waals surface area contributed by atoms with Crippen molar-refractivity contribution in [1.29, 1.82) is 0 Å². The second-order valence-corrected chi connectivity index (χ2v) is 7.16. The van der Waals surface area contributed by atoms with Crippen LogP contribution in [0, 0.1) is 12.7 Å². The van der Waals surface area contributed by atoms with Gasteiger partial charge in [-0.05, 0) is 48.9 Å². The zero-order chi connectivity index (χ0) is 18.3. The molecular formula is C19H16FN3O2S. The third-order valence-electron chi connectivity index (χ3n) is 4.25.